The van der Waals surface area contributed by atoms with Crippen molar-refractivity contribution in [1.82, 2.24) is 9.78 Å². The van der Waals surface area contributed by atoms with Crippen LogP contribution >= 0.6 is 0 Å². The first-order valence-corrected chi connectivity index (χ1v) is 5.48. The number of hydrogen-bond donors (Lipinski definition) is 1. The molecule has 2 N–H and O–H groups in total. The summed E-state index contributed by atoms with van der Waals surface area (Å²) in [4.78, 5) is 0. The molecule has 1 heterocycles. The van der Waals surface area contributed by atoms with Gasteiger partial charge in [0.05, 0.1) is 6.54 Å². The molecule has 3 nitrogen and oxygen atoms in total. The van der Waals surface area contributed by atoms with Crippen molar-refractivity contribution in [3.8, 4) is 0 Å². The highest BCUT2D eigenvalue weighted by Gasteiger charge is 2.33. The van der Waals surface area contributed by atoms with E-state index < -0.39 is 23.7 Å². The van der Waals surface area contributed by atoms with E-state index in [2.05, 4.69) is 5.10 Å². The van der Waals surface area contributed by atoms with Crippen LogP contribution in [0.5, 0.6) is 0 Å². The largest absolute Gasteiger partial charge is 0.435 e. The number of benzene rings is 1. The van der Waals surface area contributed by atoms with Crippen molar-refractivity contribution in [3.05, 3.63) is 53.6 Å². The highest BCUT2D eigenvalue weighted by molar-refractivity contribution is 5.19. The summed E-state index contributed by atoms with van der Waals surface area (Å²) in [6.45, 7) is 0.0850. The monoisotopic (exact) mass is 273 g/mol. The molecule has 0 fully saturated rings. The number of nitrogens with zero attached hydrogens (tertiary/aromatic N) is 2. The van der Waals surface area contributed by atoms with E-state index in [4.69, 9.17) is 5.73 Å². The van der Waals surface area contributed by atoms with Gasteiger partial charge in [0.15, 0.2) is 5.69 Å². The van der Waals surface area contributed by atoms with Gasteiger partial charge >= 0.3 is 6.18 Å². The Morgan fingerprint density at radius 3 is 2.32 bits per heavy atom. The molecule has 102 valence electrons. The Kier molecular flexibility index (Phi) is 3.57. The van der Waals surface area contributed by atoms with Gasteiger partial charge in [0.25, 0.3) is 0 Å². The fourth-order valence-electron chi connectivity index (χ4n) is 1.63. The summed E-state index contributed by atoms with van der Waals surface area (Å²) in [5.41, 5.74) is 5.50. The van der Waals surface area contributed by atoms with Crippen LogP contribution in [0.25, 0.3) is 0 Å². The van der Waals surface area contributed by atoms with Gasteiger partial charge in [-0.3, -0.25) is 4.68 Å². The third-order valence-electron chi connectivity index (χ3n) is 2.61. The fourth-order valence-corrected chi connectivity index (χ4v) is 1.63. The summed E-state index contributed by atoms with van der Waals surface area (Å²) < 4.78 is 50.9. The molecule has 0 bridgehead atoms. The van der Waals surface area contributed by atoms with Crippen LogP contribution in [0, 0.1) is 5.82 Å². The first kappa shape index (κ1) is 13.5. The number of nitrogens with two attached hydrogens (primary N) is 1. The van der Waals surface area contributed by atoms with E-state index in [-0.39, 0.29) is 6.54 Å². The smallest absolute Gasteiger partial charge is 0.322 e. The molecule has 1 atom stereocenters. The van der Waals surface area contributed by atoms with Gasteiger partial charge in [-0.25, -0.2) is 4.39 Å². The Morgan fingerprint density at radius 2 is 1.79 bits per heavy atom. The first-order chi connectivity index (χ1) is 8.86. The van der Waals surface area contributed by atoms with Crippen LogP contribution in [0.15, 0.2) is 36.5 Å². The lowest BCUT2D eigenvalue weighted by atomic mass is 10.1. The molecule has 0 aliphatic rings. The van der Waals surface area contributed by atoms with Crippen molar-refractivity contribution in [2.45, 2.75) is 18.8 Å². The topological polar surface area (TPSA) is 43.8 Å². The van der Waals surface area contributed by atoms with E-state index in [1.54, 1.807) is 0 Å². The van der Waals surface area contributed by atoms with Gasteiger partial charge in [-0.15, -0.1) is 0 Å². The lowest BCUT2D eigenvalue weighted by molar-refractivity contribution is -0.141. The summed E-state index contributed by atoms with van der Waals surface area (Å²) in [5.74, 6) is -0.394. The lowest BCUT2D eigenvalue weighted by Crippen LogP contribution is -2.18. The number of hydrogen-bond acceptors (Lipinski definition) is 2. The number of halogens is 4. The normalized spacial score (nSPS) is 13.5. The molecule has 0 spiro atoms. The van der Waals surface area contributed by atoms with Gasteiger partial charge in [0, 0.05) is 12.2 Å². The molecule has 7 heteroatoms. The minimum absolute atomic E-state index is 0.0850. The molecule has 1 aromatic heterocycles. The lowest BCUT2D eigenvalue weighted by Gasteiger charge is -2.12. The Morgan fingerprint density at radius 1 is 1.16 bits per heavy atom. The molecule has 0 amide bonds. The number of aromatic nitrogens is 2. The molecule has 0 radical (unpaired) electrons. The van der Waals surface area contributed by atoms with Crippen molar-refractivity contribution in [2.24, 2.45) is 5.73 Å². The van der Waals surface area contributed by atoms with Gasteiger partial charge in [0.1, 0.15) is 5.82 Å². The Labute approximate surface area is 106 Å². The maximum absolute atomic E-state index is 12.7. The predicted octanol–water partition coefficient (Wildman–Crippen LogP) is 2.74. The molecule has 0 aliphatic carbocycles. The van der Waals surface area contributed by atoms with Crippen molar-refractivity contribution in [2.75, 3.05) is 0 Å². The summed E-state index contributed by atoms with van der Waals surface area (Å²) in [7, 11) is 0. The minimum atomic E-state index is -4.47. The zero-order valence-corrected chi connectivity index (χ0v) is 9.73. The van der Waals surface area contributed by atoms with Crippen LogP contribution in [0.4, 0.5) is 17.6 Å². The van der Waals surface area contributed by atoms with Gasteiger partial charge < -0.3 is 5.73 Å². The Bertz CT molecular complexity index is 545. The number of alkyl halides is 3. The molecular weight excluding hydrogens is 262 g/mol. The Hall–Kier alpha value is -1.89. The summed E-state index contributed by atoms with van der Waals surface area (Å²) in [6.07, 6.45) is -3.25. The second-order valence-electron chi connectivity index (χ2n) is 4.08. The van der Waals surface area contributed by atoms with Crippen molar-refractivity contribution < 1.29 is 17.6 Å². The third-order valence-corrected chi connectivity index (χ3v) is 2.61. The number of rotatable bonds is 3. The van der Waals surface area contributed by atoms with E-state index in [0.29, 0.717) is 5.56 Å². The average Bonchev–Trinajstić information content (AvgIpc) is 2.78. The van der Waals surface area contributed by atoms with Gasteiger partial charge in [0.2, 0.25) is 0 Å². The quantitative estimate of drug-likeness (QED) is 0.874. The Balaban J connectivity index is 2.08. The first-order valence-electron chi connectivity index (χ1n) is 5.48. The summed E-state index contributed by atoms with van der Waals surface area (Å²) in [5, 5.41) is 3.40. The second kappa shape index (κ2) is 5.00. The maximum Gasteiger partial charge on any atom is 0.435 e. The zero-order chi connectivity index (χ0) is 14.0. The molecule has 19 heavy (non-hydrogen) atoms. The molecule has 2 rings (SSSR count). The van der Waals surface area contributed by atoms with Crippen LogP contribution in [0.2, 0.25) is 0 Å². The molecule has 2 aromatic rings. The average molecular weight is 273 g/mol. The highest BCUT2D eigenvalue weighted by Crippen LogP contribution is 2.27. The van der Waals surface area contributed by atoms with E-state index in [9.17, 15) is 17.6 Å². The van der Waals surface area contributed by atoms with Gasteiger partial charge in [-0.1, -0.05) is 12.1 Å². The molecular formula is C12H11F4N3. The molecule has 0 saturated heterocycles. The maximum atomic E-state index is 12.7. The van der Waals surface area contributed by atoms with Crippen LogP contribution in [0.1, 0.15) is 17.3 Å². The van der Waals surface area contributed by atoms with E-state index in [1.165, 1.54) is 30.5 Å². The highest BCUT2D eigenvalue weighted by atomic mass is 19.4. The van der Waals surface area contributed by atoms with E-state index >= 15 is 0 Å². The molecule has 1 unspecified atom stereocenters. The van der Waals surface area contributed by atoms with Crippen molar-refractivity contribution >= 4 is 0 Å². The molecule has 0 saturated carbocycles. The van der Waals surface area contributed by atoms with Crippen LogP contribution in [0.3, 0.4) is 0 Å². The zero-order valence-electron chi connectivity index (χ0n) is 9.73. The predicted molar refractivity (Wildman–Crippen MR) is 60.6 cm³/mol. The van der Waals surface area contributed by atoms with Crippen molar-refractivity contribution in [1.29, 1.82) is 0 Å². The van der Waals surface area contributed by atoms with Gasteiger partial charge in [-0.2, -0.15) is 18.3 Å². The van der Waals surface area contributed by atoms with E-state index in [0.717, 1.165) is 10.7 Å². The SMILES string of the molecule is NC(Cn1ccc(C(F)(F)F)n1)c1ccc(F)cc1. The standard InChI is InChI=1S/C12H11F4N3/c13-9-3-1-8(2-4-9)10(17)7-19-6-5-11(18-19)12(14,15)16/h1-6,10H,7,17H2. The third kappa shape index (κ3) is 3.31. The molecule has 1 aromatic carbocycles. The second-order valence-corrected chi connectivity index (χ2v) is 4.08. The van der Waals surface area contributed by atoms with Crippen LogP contribution in [-0.4, -0.2) is 9.78 Å². The fraction of sp³-hybridized carbons (Fsp3) is 0.250. The minimum Gasteiger partial charge on any atom is -0.322 e. The van der Waals surface area contributed by atoms with E-state index in [1.807, 2.05) is 0 Å². The van der Waals surface area contributed by atoms with Crippen LogP contribution < -0.4 is 5.73 Å². The van der Waals surface area contributed by atoms with Gasteiger partial charge in [-0.05, 0) is 23.8 Å². The summed E-state index contributed by atoms with van der Waals surface area (Å²) >= 11 is 0. The molecule has 0 aliphatic heterocycles. The van der Waals surface area contributed by atoms with Crippen LogP contribution in [-0.2, 0) is 12.7 Å². The summed E-state index contributed by atoms with van der Waals surface area (Å²) in [6, 6.07) is 5.82. The van der Waals surface area contributed by atoms with Crippen molar-refractivity contribution in [3.63, 3.8) is 0 Å².